The first-order chi connectivity index (χ1) is 17.9. The number of hydrogen-bond donors (Lipinski definition) is 1. The lowest BCUT2D eigenvalue weighted by atomic mass is 9.64. The van der Waals surface area contributed by atoms with Crippen LogP contribution >= 0.6 is 0 Å². The van der Waals surface area contributed by atoms with Crippen LogP contribution in [-0.2, 0) is 16.0 Å². The maximum Gasteiger partial charge on any atom is 0.335 e. The van der Waals surface area contributed by atoms with Crippen LogP contribution in [0.2, 0.25) is 0 Å². The molecule has 2 saturated heterocycles. The summed E-state index contributed by atoms with van der Waals surface area (Å²) in [4.78, 5) is 44.0. The third-order valence-electron chi connectivity index (χ3n) is 8.01. The first kappa shape index (κ1) is 23.2. The molecular formula is C29H26FN3O4. The minimum atomic E-state index is -1.60. The number of rotatable bonds is 3. The van der Waals surface area contributed by atoms with Crippen LogP contribution in [0.15, 0.2) is 72.8 Å². The third-order valence-corrected chi connectivity index (χ3v) is 8.01. The number of methoxy groups -OCH3 is 1. The molecule has 37 heavy (non-hydrogen) atoms. The highest BCUT2D eigenvalue weighted by atomic mass is 19.1. The van der Waals surface area contributed by atoms with Crippen molar-refractivity contribution in [1.29, 1.82) is 0 Å². The van der Waals surface area contributed by atoms with Crippen LogP contribution in [0.25, 0.3) is 0 Å². The smallest absolute Gasteiger partial charge is 0.335 e. The topological polar surface area (TPSA) is 79.0 Å². The van der Waals surface area contributed by atoms with Crippen molar-refractivity contribution >= 4 is 29.2 Å². The molecule has 3 atom stereocenters. The Morgan fingerprint density at radius 3 is 2.46 bits per heavy atom. The van der Waals surface area contributed by atoms with Crippen molar-refractivity contribution in [2.75, 3.05) is 23.5 Å². The number of nitrogens with one attached hydrogen (secondary N) is 1. The Balaban J connectivity index is 1.49. The molecule has 0 radical (unpaired) electrons. The minimum Gasteiger partial charge on any atom is -0.497 e. The second-order valence-corrected chi connectivity index (χ2v) is 9.83. The van der Waals surface area contributed by atoms with Crippen LogP contribution in [0.3, 0.4) is 0 Å². The summed E-state index contributed by atoms with van der Waals surface area (Å²) >= 11 is 0. The molecule has 0 saturated carbocycles. The second-order valence-electron chi connectivity index (χ2n) is 9.83. The Morgan fingerprint density at radius 2 is 1.73 bits per heavy atom. The normalized spacial score (nSPS) is 25.0. The maximum absolute atomic E-state index is 15.2. The summed E-state index contributed by atoms with van der Waals surface area (Å²) in [7, 11) is 1.53. The van der Waals surface area contributed by atoms with Crippen molar-refractivity contribution < 1.29 is 23.5 Å². The molecule has 3 aliphatic heterocycles. The molecule has 188 valence electrons. The number of benzene rings is 3. The number of urea groups is 1. The molecule has 3 aliphatic rings. The zero-order chi connectivity index (χ0) is 25.7. The Bertz CT molecular complexity index is 1390. The van der Waals surface area contributed by atoms with E-state index >= 15 is 4.39 Å². The Hall–Kier alpha value is -4.20. The summed E-state index contributed by atoms with van der Waals surface area (Å²) < 4.78 is 20.4. The van der Waals surface area contributed by atoms with Gasteiger partial charge in [0, 0.05) is 6.54 Å². The van der Waals surface area contributed by atoms with E-state index in [-0.39, 0.29) is 18.2 Å². The van der Waals surface area contributed by atoms with Gasteiger partial charge in [0.25, 0.3) is 5.91 Å². The quantitative estimate of drug-likeness (QED) is 0.540. The zero-order valence-electron chi connectivity index (χ0n) is 20.3. The highest BCUT2D eigenvalue weighted by Gasteiger charge is 2.63. The molecule has 0 unspecified atom stereocenters. The Kier molecular flexibility index (Phi) is 5.47. The van der Waals surface area contributed by atoms with Gasteiger partial charge in [0.1, 0.15) is 11.6 Å². The van der Waals surface area contributed by atoms with Gasteiger partial charge in [0.2, 0.25) is 5.91 Å². The van der Waals surface area contributed by atoms with Crippen molar-refractivity contribution in [1.82, 2.24) is 5.32 Å². The predicted octanol–water partition coefficient (Wildman–Crippen LogP) is 4.41. The third kappa shape index (κ3) is 3.50. The lowest BCUT2D eigenvalue weighted by Gasteiger charge is -2.54. The number of hydrogen-bond acceptors (Lipinski definition) is 5. The number of para-hydroxylation sites is 1. The summed E-state index contributed by atoms with van der Waals surface area (Å²) in [5.41, 5.74) is 0.882. The van der Waals surface area contributed by atoms with E-state index in [1.165, 1.54) is 13.2 Å². The first-order valence-electron chi connectivity index (χ1n) is 12.4. The van der Waals surface area contributed by atoms with E-state index in [0.717, 1.165) is 16.9 Å². The molecule has 8 heteroatoms. The van der Waals surface area contributed by atoms with E-state index in [2.05, 4.69) is 5.32 Å². The van der Waals surface area contributed by atoms with Gasteiger partial charge in [-0.3, -0.25) is 14.9 Å². The summed E-state index contributed by atoms with van der Waals surface area (Å²) in [6.07, 6.45) is 1.23. The first-order valence-corrected chi connectivity index (χ1v) is 12.4. The number of nitrogens with zero attached hydrogens (tertiary/aromatic N) is 2. The molecule has 2 fully saturated rings. The molecule has 1 N–H and O–H groups in total. The monoisotopic (exact) mass is 499 g/mol. The van der Waals surface area contributed by atoms with Crippen LogP contribution < -0.4 is 19.9 Å². The van der Waals surface area contributed by atoms with Gasteiger partial charge in [-0.25, -0.2) is 14.1 Å². The van der Waals surface area contributed by atoms with Crippen LogP contribution in [0.4, 0.5) is 20.6 Å². The van der Waals surface area contributed by atoms with E-state index in [9.17, 15) is 14.4 Å². The van der Waals surface area contributed by atoms with Gasteiger partial charge in [-0.15, -0.1) is 0 Å². The van der Waals surface area contributed by atoms with Crippen LogP contribution in [-0.4, -0.2) is 37.5 Å². The van der Waals surface area contributed by atoms with Crippen LogP contribution in [0, 0.1) is 11.2 Å². The molecule has 3 heterocycles. The van der Waals surface area contributed by atoms with Crippen molar-refractivity contribution in [2.45, 2.75) is 31.2 Å². The summed E-state index contributed by atoms with van der Waals surface area (Å²) in [5, 5.41) is 2.46. The number of halogens is 1. The number of ether oxygens (including phenoxy) is 1. The molecule has 4 amide bonds. The van der Waals surface area contributed by atoms with Gasteiger partial charge < -0.3 is 9.64 Å². The van der Waals surface area contributed by atoms with E-state index in [0.29, 0.717) is 35.7 Å². The number of amides is 4. The molecule has 0 aliphatic carbocycles. The number of anilines is 2. The summed E-state index contributed by atoms with van der Waals surface area (Å²) in [5.74, 6) is -0.941. The van der Waals surface area contributed by atoms with Crippen LogP contribution in [0.1, 0.15) is 29.9 Å². The Labute approximate surface area is 213 Å². The van der Waals surface area contributed by atoms with E-state index in [4.69, 9.17) is 4.74 Å². The van der Waals surface area contributed by atoms with Gasteiger partial charge in [-0.2, -0.15) is 0 Å². The van der Waals surface area contributed by atoms with E-state index < -0.39 is 29.3 Å². The lowest BCUT2D eigenvalue weighted by Crippen LogP contribution is -2.73. The van der Waals surface area contributed by atoms with E-state index in [1.807, 2.05) is 35.2 Å². The molecule has 0 bridgehead atoms. The number of piperidine rings is 1. The maximum atomic E-state index is 15.2. The van der Waals surface area contributed by atoms with Gasteiger partial charge >= 0.3 is 6.03 Å². The molecule has 7 nitrogen and oxygen atoms in total. The van der Waals surface area contributed by atoms with Gasteiger partial charge in [0.15, 0.2) is 5.41 Å². The largest absolute Gasteiger partial charge is 0.497 e. The number of fused-ring (bicyclic) bond motifs is 4. The minimum absolute atomic E-state index is 0.00731. The standard InChI is InChI=1S/C29H26FN3O4/c1-37-22-12-10-21(11-13-22)33-27(35)29(26(34)31-28(33)36)17-20-8-5-9-23(30)25(20)32-15-14-19(16-24(29)32)18-6-3-2-4-7-18/h2-13,19,24H,14-17H2,1H3,(H,31,34,36)/t19-,24+,29+/m0/s1. The average molecular weight is 500 g/mol. The number of carbonyl (C=O) groups excluding carboxylic acids is 3. The number of carbonyl (C=O) groups is 3. The number of imide groups is 2. The van der Waals surface area contributed by atoms with Crippen molar-refractivity contribution in [3.05, 3.63) is 89.7 Å². The fraction of sp³-hybridized carbons (Fsp3) is 0.276. The van der Waals surface area contributed by atoms with Gasteiger partial charge in [-0.1, -0.05) is 42.5 Å². The average Bonchev–Trinajstić information content (AvgIpc) is 2.92. The van der Waals surface area contributed by atoms with Gasteiger partial charge in [-0.05, 0) is 66.6 Å². The Morgan fingerprint density at radius 1 is 0.973 bits per heavy atom. The van der Waals surface area contributed by atoms with Crippen LogP contribution in [0.5, 0.6) is 5.75 Å². The molecule has 3 aromatic rings. The van der Waals surface area contributed by atoms with Crippen molar-refractivity contribution in [2.24, 2.45) is 5.41 Å². The SMILES string of the molecule is COc1ccc(N2C(=O)NC(=O)[C@]3(Cc4cccc(F)c4N4CC[C@H](c5ccccc5)C[C@@H]43)C2=O)cc1. The fourth-order valence-electron chi connectivity index (χ4n) is 6.24. The molecule has 0 aromatic heterocycles. The summed E-state index contributed by atoms with van der Waals surface area (Å²) in [6, 6.07) is 19.8. The molecular weight excluding hydrogens is 473 g/mol. The fourth-order valence-corrected chi connectivity index (χ4v) is 6.24. The highest BCUT2D eigenvalue weighted by molar-refractivity contribution is 6.30. The molecule has 3 aromatic carbocycles. The van der Waals surface area contributed by atoms with Crippen molar-refractivity contribution in [3.8, 4) is 5.75 Å². The van der Waals surface area contributed by atoms with E-state index in [1.54, 1.807) is 36.4 Å². The predicted molar refractivity (Wildman–Crippen MR) is 136 cm³/mol. The summed E-state index contributed by atoms with van der Waals surface area (Å²) in [6.45, 7) is 0.483. The second kappa shape index (κ2) is 8.73. The molecule has 1 spiro atoms. The lowest BCUT2D eigenvalue weighted by molar-refractivity contribution is -0.145. The zero-order valence-corrected chi connectivity index (χ0v) is 20.3. The van der Waals surface area contributed by atoms with Crippen molar-refractivity contribution in [3.63, 3.8) is 0 Å². The number of barbiturate groups is 1. The van der Waals surface area contributed by atoms with Gasteiger partial charge in [0.05, 0.1) is 24.5 Å². The molecule has 6 rings (SSSR count). The highest BCUT2D eigenvalue weighted by Crippen LogP contribution is 2.51.